The molecule has 2 unspecified atom stereocenters. The van der Waals surface area contributed by atoms with Crippen LogP contribution in [-0.4, -0.2) is 23.2 Å². The van der Waals surface area contributed by atoms with Gasteiger partial charge in [-0.1, -0.05) is 13.8 Å². The maximum Gasteiger partial charge on any atom is 0.312 e. The number of carbonyl (C=O) groups is 1. The SMILES string of the molecule is COC(=O)C(C(C)C)C(C)(O)c1nccs1. The number of carbonyl (C=O) groups excluding carboxylic acids is 1. The van der Waals surface area contributed by atoms with Crippen LogP contribution in [0.3, 0.4) is 0 Å². The summed E-state index contributed by atoms with van der Waals surface area (Å²) in [5, 5.41) is 12.8. The average molecular weight is 243 g/mol. The normalized spacial score (nSPS) is 16.9. The summed E-state index contributed by atoms with van der Waals surface area (Å²) in [6.45, 7) is 5.36. The Morgan fingerprint density at radius 1 is 1.62 bits per heavy atom. The number of nitrogens with zero attached hydrogens (tertiary/aromatic N) is 1. The monoisotopic (exact) mass is 243 g/mol. The molecule has 0 bridgehead atoms. The molecule has 90 valence electrons. The van der Waals surface area contributed by atoms with Gasteiger partial charge in [-0.3, -0.25) is 4.79 Å². The van der Waals surface area contributed by atoms with Gasteiger partial charge in [0.1, 0.15) is 10.6 Å². The highest BCUT2D eigenvalue weighted by atomic mass is 32.1. The molecule has 5 heteroatoms. The van der Waals surface area contributed by atoms with Crippen molar-refractivity contribution < 1.29 is 14.6 Å². The van der Waals surface area contributed by atoms with E-state index < -0.39 is 17.5 Å². The van der Waals surface area contributed by atoms with Crippen molar-refractivity contribution in [2.75, 3.05) is 7.11 Å². The zero-order chi connectivity index (χ0) is 12.3. The van der Waals surface area contributed by atoms with E-state index in [4.69, 9.17) is 4.74 Å². The Balaban J connectivity index is 3.07. The highest BCUT2D eigenvalue weighted by Gasteiger charge is 2.43. The number of hydrogen-bond donors (Lipinski definition) is 1. The average Bonchev–Trinajstić information content (AvgIpc) is 2.69. The molecule has 0 aliphatic heterocycles. The van der Waals surface area contributed by atoms with Gasteiger partial charge in [-0.25, -0.2) is 4.98 Å². The number of rotatable bonds is 4. The molecule has 1 aromatic rings. The molecule has 0 aliphatic carbocycles. The second kappa shape index (κ2) is 4.93. The van der Waals surface area contributed by atoms with Gasteiger partial charge in [0.2, 0.25) is 0 Å². The summed E-state index contributed by atoms with van der Waals surface area (Å²) in [7, 11) is 1.33. The predicted octanol–water partition coefficient (Wildman–Crippen LogP) is 1.80. The van der Waals surface area contributed by atoms with Gasteiger partial charge in [0.05, 0.1) is 13.0 Å². The van der Waals surface area contributed by atoms with Crippen LogP contribution < -0.4 is 0 Å². The van der Waals surface area contributed by atoms with Crippen molar-refractivity contribution in [2.24, 2.45) is 11.8 Å². The van der Waals surface area contributed by atoms with Gasteiger partial charge in [0, 0.05) is 11.6 Å². The minimum absolute atomic E-state index is 0.0219. The van der Waals surface area contributed by atoms with Crippen LogP contribution in [0.25, 0.3) is 0 Å². The molecule has 16 heavy (non-hydrogen) atoms. The number of esters is 1. The molecule has 2 atom stereocenters. The fraction of sp³-hybridized carbons (Fsp3) is 0.636. The third-order valence-corrected chi connectivity index (χ3v) is 3.59. The first-order valence-electron chi connectivity index (χ1n) is 5.11. The molecular weight excluding hydrogens is 226 g/mol. The summed E-state index contributed by atoms with van der Waals surface area (Å²) < 4.78 is 4.74. The maximum atomic E-state index is 11.7. The Kier molecular flexibility index (Phi) is 4.04. The lowest BCUT2D eigenvalue weighted by Crippen LogP contribution is -2.41. The zero-order valence-electron chi connectivity index (χ0n) is 9.93. The molecule has 1 rings (SSSR count). The highest BCUT2D eigenvalue weighted by Crippen LogP contribution is 2.35. The van der Waals surface area contributed by atoms with Crippen molar-refractivity contribution >= 4 is 17.3 Å². The Morgan fingerprint density at radius 2 is 2.25 bits per heavy atom. The second-order valence-corrected chi connectivity index (χ2v) is 5.12. The summed E-state index contributed by atoms with van der Waals surface area (Å²) in [6, 6.07) is 0. The first-order valence-corrected chi connectivity index (χ1v) is 5.99. The van der Waals surface area contributed by atoms with Crippen LogP contribution in [0.2, 0.25) is 0 Å². The van der Waals surface area contributed by atoms with Gasteiger partial charge in [0.15, 0.2) is 0 Å². The number of hydrogen-bond acceptors (Lipinski definition) is 5. The Morgan fingerprint density at radius 3 is 2.62 bits per heavy atom. The van der Waals surface area contributed by atoms with Crippen LogP contribution in [0.15, 0.2) is 11.6 Å². The van der Waals surface area contributed by atoms with E-state index >= 15 is 0 Å². The topological polar surface area (TPSA) is 59.4 Å². The molecular formula is C11H17NO3S. The van der Waals surface area contributed by atoms with Crippen LogP contribution in [-0.2, 0) is 15.1 Å². The van der Waals surface area contributed by atoms with Gasteiger partial charge in [-0.2, -0.15) is 0 Å². The van der Waals surface area contributed by atoms with Gasteiger partial charge in [0.25, 0.3) is 0 Å². The molecule has 0 aliphatic rings. The minimum atomic E-state index is -1.28. The Labute approximate surface area is 99.3 Å². The molecule has 0 amide bonds. The van der Waals surface area contributed by atoms with Crippen molar-refractivity contribution in [3.8, 4) is 0 Å². The highest BCUT2D eigenvalue weighted by molar-refractivity contribution is 7.09. The van der Waals surface area contributed by atoms with Gasteiger partial charge < -0.3 is 9.84 Å². The van der Waals surface area contributed by atoms with Crippen LogP contribution in [0.5, 0.6) is 0 Å². The number of thiazole rings is 1. The van der Waals surface area contributed by atoms with E-state index in [2.05, 4.69) is 4.98 Å². The molecule has 1 heterocycles. The number of aromatic nitrogens is 1. The van der Waals surface area contributed by atoms with Crippen molar-refractivity contribution in [3.05, 3.63) is 16.6 Å². The lowest BCUT2D eigenvalue weighted by atomic mass is 9.81. The molecule has 1 N–H and O–H groups in total. The molecule has 0 saturated heterocycles. The van der Waals surface area contributed by atoms with Crippen LogP contribution >= 0.6 is 11.3 Å². The van der Waals surface area contributed by atoms with Gasteiger partial charge in [-0.05, 0) is 12.8 Å². The van der Waals surface area contributed by atoms with Gasteiger partial charge >= 0.3 is 5.97 Å². The number of aliphatic hydroxyl groups is 1. The predicted molar refractivity (Wildman–Crippen MR) is 62.0 cm³/mol. The summed E-state index contributed by atoms with van der Waals surface area (Å²) >= 11 is 1.33. The molecule has 0 radical (unpaired) electrons. The second-order valence-electron chi connectivity index (χ2n) is 4.23. The first kappa shape index (κ1) is 13.1. The van der Waals surface area contributed by atoms with E-state index in [0.29, 0.717) is 5.01 Å². The van der Waals surface area contributed by atoms with E-state index in [9.17, 15) is 9.90 Å². The molecule has 1 aromatic heterocycles. The first-order chi connectivity index (χ1) is 7.41. The molecule has 0 aromatic carbocycles. The van der Waals surface area contributed by atoms with Crippen molar-refractivity contribution in [1.82, 2.24) is 4.98 Å². The van der Waals surface area contributed by atoms with Crippen LogP contribution in [0.4, 0.5) is 0 Å². The fourth-order valence-corrected chi connectivity index (χ4v) is 2.62. The lowest BCUT2D eigenvalue weighted by Gasteiger charge is -2.31. The molecule has 0 spiro atoms. The molecule has 0 fully saturated rings. The zero-order valence-corrected chi connectivity index (χ0v) is 10.7. The van der Waals surface area contributed by atoms with Crippen LogP contribution in [0.1, 0.15) is 25.8 Å². The third kappa shape index (κ3) is 2.41. The van der Waals surface area contributed by atoms with E-state index in [0.717, 1.165) is 0 Å². The van der Waals surface area contributed by atoms with Crippen molar-refractivity contribution in [1.29, 1.82) is 0 Å². The Bertz CT molecular complexity index is 346. The van der Waals surface area contributed by atoms with E-state index in [1.165, 1.54) is 18.4 Å². The summed E-state index contributed by atoms with van der Waals surface area (Å²) in [4.78, 5) is 15.8. The molecule has 0 saturated carbocycles. The summed E-state index contributed by atoms with van der Waals surface area (Å²) in [6.07, 6.45) is 1.61. The maximum absolute atomic E-state index is 11.7. The minimum Gasteiger partial charge on any atom is -0.469 e. The van der Waals surface area contributed by atoms with E-state index in [1.54, 1.807) is 18.5 Å². The molecule has 4 nitrogen and oxygen atoms in total. The van der Waals surface area contributed by atoms with E-state index in [1.807, 2.05) is 13.8 Å². The largest absolute Gasteiger partial charge is 0.469 e. The Hall–Kier alpha value is -0.940. The van der Waals surface area contributed by atoms with E-state index in [-0.39, 0.29) is 5.92 Å². The number of methoxy groups -OCH3 is 1. The standard InChI is InChI=1S/C11H17NO3S/c1-7(2)8(9(13)15-4)11(3,14)10-12-5-6-16-10/h5-8,14H,1-4H3. The summed E-state index contributed by atoms with van der Waals surface area (Å²) in [5.41, 5.74) is -1.28. The summed E-state index contributed by atoms with van der Waals surface area (Å²) in [5.74, 6) is -1.04. The fourth-order valence-electron chi connectivity index (χ4n) is 1.88. The van der Waals surface area contributed by atoms with Gasteiger partial charge in [-0.15, -0.1) is 11.3 Å². The third-order valence-electron chi connectivity index (χ3n) is 2.59. The van der Waals surface area contributed by atoms with Crippen molar-refractivity contribution in [3.63, 3.8) is 0 Å². The van der Waals surface area contributed by atoms with Crippen molar-refractivity contribution in [2.45, 2.75) is 26.4 Å². The smallest absolute Gasteiger partial charge is 0.312 e. The number of ether oxygens (including phenoxy) is 1. The van der Waals surface area contributed by atoms with Crippen LogP contribution in [0, 0.1) is 11.8 Å². The lowest BCUT2D eigenvalue weighted by molar-refractivity contribution is -0.159. The quantitative estimate of drug-likeness (QED) is 0.819.